The van der Waals surface area contributed by atoms with Crippen LogP contribution in [0.3, 0.4) is 0 Å². The summed E-state index contributed by atoms with van der Waals surface area (Å²) < 4.78 is 0. The monoisotopic (exact) mass is 365 g/mol. The second-order valence-electron chi connectivity index (χ2n) is 5.34. The summed E-state index contributed by atoms with van der Waals surface area (Å²) >= 11 is 1.18. The van der Waals surface area contributed by atoms with Crippen molar-refractivity contribution in [3.05, 3.63) is 65.7 Å². The molecule has 1 aromatic heterocycles. The number of aromatic nitrogens is 2. The van der Waals surface area contributed by atoms with Crippen LogP contribution in [0.4, 0.5) is 5.13 Å². The Kier molecular flexibility index (Phi) is 5.45. The number of nitrogens with zero attached hydrogens (tertiary/aromatic N) is 3. The molecule has 0 saturated carbocycles. The van der Waals surface area contributed by atoms with E-state index >= 15 is 0 Å². The highest BCUT2D eigenvalue weighted by Gasteiger charge is 2.16. The van der Waals surface area contributed by atoms with Gasteiger partial charge >= 0.3 is 11.8 Å². The van der Waals surface area contributed by atoms with Crippen LogP contribution in [0.2, 0.25) is 0 Å². The van der Waals surface area contributed by atoms with Gasteiger partial charge in [-0.25, -0.2) is 5.43 Å². The zero-order chi connectivity index (χ0) is 18.4. The number of anilines is 1. The fraction of sp³-hybridized carbons (Fsp3) is 0.0556. The van der Waals surface area contributed by atoms with Gasteiger partial charge in [0.25, 0.3) is 0 Å². The molecule has 0 spiro atoms. The van der Waals surface area contributed by atoms with Crippen LogP contribution in [0.15, 0.2) is 59.7 Å². The van der Waals surface area contributed by atoms with Crippen LogP contribution in [0.5, 0.6) is 0 Å². The number of carbonyl (C=O) groups excluding carboxylic acids is 2. The molecule has 0 atom stereocenters. The summed E-state index contributed by atoms with van der Waals surface area (Å²) in [5.41, 5.74) is 5.00. The van der Waals surface area contributed by atoms with E-state index in [1.165, 1.54) is 17.6 Å². The highest BCUT2D eigenvalue weighted by molar-refractivity contribution is 7.18. The molecule has 2 N–H and O–H groups in total. The molecule has 0 bridgehead atoms. The van der Waals surface area contributed by atoms with Crippen LogP contribution in [-0.2, 0) is 9.59 Å². The van der Waals surface area contributed by atoms with Gasteiger partial charge in [0.15, 0.2) is 0 Å². The zero-order valence-electron chi connectivity index (χ0n) is 13.8. The number of hydrazone groups is 1. The SMILES string of the molecule is Cc1ccc(C=NNC(=O)C(=O)Nc2nnc(-c3ccccc3)s2)cc1. The molecule has 0 saturated heterocycles. The lowest BCUT2D eigenvalue weighted by Crippen LogP contribution is -2.32. The van der Waals surface area contributed by atoms with Crippen molar-refractivity contribution in [1.82, 2.24) is 15.6 Å². The van der Waals surface area contributed by atoms with Crippen LogP contribution in [0.1, 0.15) is 11.1 Å². The van der Waals surface area contributed by atoms with Gasteiger partial charge in [-0.2, -0.15) is 5.10 Å². The summed E-state index contributed by atoms with van der Waals surface area (Å²) in [5, 5.41) is 14.9. The smallest absolute Gasteiger partial charge is 0.292 e. The molecule has 0 radical (unpaired) electrons. The van der Waals surface area contributed by atoms with Crippen molar-refractivity contribution in [1.29, 1.82) is 0 Å². The normalized spacial score (nSPS) is 10.7. The van der Waals surface area contributed by atoms with E-state index in [0.29, 0.717) is 5.01 Å². The molecule has 8 heteroatoms. The largest absolute Gasteiger partial charge is 0.329 e. The minimum atomic E-state index is -0.884. The van der Waals surface area contributed by atoms with Crippen LogP contribution < -0.4 is 10.7 Å². The van der Waals surface area contributed by atoms with Crippen molar-refractivity contribution in [3.8, 4) is 10.6 Å². The number of rotatable bonds is 4. The Balaban J connectivity index is 1.55. The van der Waals surface area contributed by atoms with Crippen molar-refractivity contribution in [2.24, 2.45) is 5.10 Å². The van der Waals surface area contributed by atoms with Crippen molar-refractivity contribution < 1.29 is 9.59 Å². The first kappa shape index (κ1) is 17.4. The van der Waals surface area contributed by atoms with Crippen molar-refractivity contribution >= 4 is 34.5 Å². The molecule has 2 aromatic carbocycles. The Morgan fingerprint density at radius 1 is 1.00 bits per heavy atom. The maximum absolute atomic E-state index is 11.9. The molecule has 0 aliphatic carbocycles. The molecule has 2 amide bonds. The molecule has 130 valence electrons. The van der Waals surface area contributed by atoms with Gasteiger partial charge in [-0.3, -0.25) is 14.9 Å². The van der Waals surface area contributed by atoms with E-state index in [0.717, 1.165) is 16.7 Å². The maximum Gasteiger partial charge on any atom is 0.329 e. The predicted molar refractivity (Wildman–Crippen MR) is 101 cm³/mol. The van der Waals surface area contributed by atoms with E-state index in [4.69, 9.17) is 0 Å². The van der Waals surface area contributed by atoms with Gasteiger partial charge in [0.1, 0.15) is 5.01 Å². The summed E-state index contributed by atoms with van der Waals surface area (Å²) in [6, 6.07) is 17.0. The van der Waals surface area contributed by atoms with Gasteiger partial charge in [0.05, 0.1) is 6.21 Å². The van der Waals surface area contributed by atoms with Gasteiger partial charge in [-0.1, -0.05) is 71.5 Å². The molecule has 0 aliphatic rings. The number of carbonyl (C=O) groups is 2. The van der Waals surface area contributed by atoms with E-state index < -0.39 is 11.8 Å². The van der Waals surface area contributed by atoms with Crippen LogP contribution in [-0.4, -0.2) is 28.2 Å². The molecule has 3 aromatic rings. The third kappa shape index (κ3) is 4.58. The predicted octanol–water partition coefficient (Wildman–Crippen LogP) is 2.60. The molecule has 1 heterocycles. The quantitative estimate of drug-likeness (QED) is 0.422. The van der Waals surface area contributed by atoms with E-state index in [1.54, 1.807) is 0 Å². The Morgan fingerprint density at radius 3 is 2.46 bits per heavy atom. The number of nitrogens with one attached hydrogen (secondary N) is 2. The fourth-order valence-corrected chi connectivity index (χ4v) is 2.74. The topological polar surface area (TPSA) is 96.3 Å². The number of benzene rings is 2. The molecule has 3 rings (SSSR count). The lowest BCUT2D eigenvalue weighted by molar-refractivity contribution is -0.136. The highest BCUT2D eigenvalue weighted by atomic mass is 32.1. The fourth-order valence-electron chi connectivity index (χ4n) is 1.99. The van der Waals surface area contributed by atoms with Crippen LogP contribution in [0, 0.1) is 6.92 Å². The Morgan fingerprint density at radius 2 is 1.73 bits per heavy atom. The maximum atomic E-state index is 11.9. The van der Waals surface area contributed by atoms with Gasteiger partial charge < -0.3 is 0 Å². The summed E-state index contributed by atoms with van der Waals surface area (Å²) in [6.45, 7) is 1.98. The standard InChI is InChI=1S/C18H15N5O2S/c1-12-7-9-13(10-8-12)11-19-21-16(25)15(24)20-18-23-22-17(26-18)14-5-3-2-4-6-14/h2-11H,1H3,(H,21,25)(H,20,23,24). The lowest BCUT2D eigenvalue weighted by Gasteiger charge is -1.99. The summed E-state index contributed by atoms with van der Waals surface area (Å²) in [7, 11) is 0. The summed E-state index contributed by atoms with van der Waals surface area (Å²) in [6.07, 6.45) is 1.46. The second-order valence-corrected chi connectivity index (χ2v) is 6.32. The summed E-state index contributed by atoms with van der Waals surface area (Å²) in [4.78, 5) is 23.7. The average Bonchev–Trinajstić information content (AvgIpc) is 3.12. The highest BCUT2D eigenvalue weighted by Crippen LogP contribution is 2.25. The van der Waals surface area contributed by atoms with Gasteiger partial charge in [-0.15, -0.1) is 10.2 Å². The number of hydrogen-bond acceptors (Lipinski definition) is 6. The van der Waals surface area contributed by atoms with E-state index in [1.807, 2.05) is 61.5 Å². The molecule has 0 unspecified atom stereocenters. The summed E-state index contributed by atoms with van der Waals surface area (Å²) in [5.74, 6) is -1.74. The Labute approximate surface area is 153 Å². The second kappa shape index (κ2) is 8.13. The van der Waals surface area contributed by atoms with E-state index in [9.17, 15) is 9.59 Å². The first-order chi connectivity index (χ1) is 12.6. The molecule has 0 aliphatic heterocycles. The minimum Gasteiger partial charge on any atom is -0.292 e. The molecule has 7 nitrogen and oxygen atoms in total. The number of amides is 2. The Hall–Kier alpha value is -3.39. The first-order valence-electron chi connectivity index (χ1n) is 7.72. The van der Waals surface area contributed by atoms with Crippen LogP contribution in [0.25, 0.3) is 10.6 Å². The van der Waals surface area contributed by atoms with Gasteiger partial charge in [-0.05, 0) is 12.5 Å². The molecular formula is C18H15N5O2S. The average molecular weight is 365 g/mol. The van der Waals surface area contributed by atoms with E-state index in [2.05, 4.69) is 26.0 Å². The number of aryl methyl sites for hydroxylation is 1. The zero-order valence-corrected chi connectivity index (χ0v) is 14.7. The number of hydrogen-bond donors (Lipinski definition) is 2. The lowest BCUT2D eigenvalue weighted by atomic mass is 10.2. The first-order valence-corrected chi connectivity index (χ1v) is 8.53. The molecule has 26 heavy (non-hydrogen) atoms. The van der Waals surface area contributed by atoms with Crippen molar-refractivity contribution in [3.63, 3.8) is 0 Å². The van der Waals surface area contributed by atoms with Crippen molar-refractivity contribution in [2.45, 2.75) is 6.92 Å². The van der Waals surface area contributed by atoms with Gasteiger partial charge in [0, 0.05) is 5.56 Å². The van der Waals surface area contributed by atoms with Crippen molar-refractivity contribution in [2.75, 3.05) is 5.32 Å². The van der Waals surface area contributed by atoms with Crippen LogP contribution >= 0.6 is 11.3 Å². The minimum absolute atomic E-state index is 0.242. The van der Waals surface area contributed by atoms with E-state index in [-0.39, 0.29) is 5.13 Å². The third-order valence-corrected chi connectivity index (χ3v) is 4.22. The Bertz CT molecular complexity index is 936. The molecular weight excluding hydrogens is 350 g/mol. The third-order valence-electron chi connectivity index (χ3n) is 3.33. The molecule has 0 fully saturated rings. The van der Waals surface area contributed by atoms with Gasteiger partial charge in [0.2, 0.25) is 5.13 Å².